The normalized spacial score (nSPS) is 22.4. The molecule has 1 aromatic rings. The molecule has 1 saturated carbocycles. The Balaban J connectivity index is 2.12. The van der Waals surface area contributed by atoms with Crippen LogP contribution in [-0.4, -0.2) is 21.0 Å². The van der Waals surface area contributed by atoms with Crippen LogP contribution in [0.2, 0.25) is 0 Å². The molecular formula is C12H18N4S. The molecule has 0 amide bonds. The summed E-state index contributed by atoms with van der Waals surface area (Å²) < 4.78 is 0. The summed E-state index contributed by atoms with van der Waals surface area (Å²) in [5.41, 5.74) is 6.63. The van der Waals surface area contributed by atoms with E-state index in [0.717, 1.165) is 12.8 Å². The third-order valence-electron chi connectivity index (χ3n) is 3.24. The topological polar surface area (TPSA) is 63.8 Å². The highest BCUT2D eigenvalue weighted by Crippen LogP contribution is 2.38. The Morgan fingerprint density at radius 1 is 1.47 bits per heavy atom. The number of hydrogen-bond donors (Lipinski definition) is 2. The Bertz CT molecular complexity index is 430. The number of thiocarbonyl (C=S) groups is 1. The monoisotopic (exact) mass is 250 g/mol. The molecule has 92 valence electrons. The van der Waals surface area contributed by atoms with Crippen molar-refractivity contribution in [2.75, 3.05) is 5.32 Å². The van der Waals surface area contributed by atoms with E-state index in [9.17, 15) is 0 Å². The van der Waals surface area contributed by atoms with Gasteiger partial charge in [-0.1, -0.05) is 26.1 Å². The van der Waals surface area contributed by atoms with Crippen molar-refractivity contribution in [3.05, 3.63) is 18.1 Å². The average molecular weight is 250 g/mol. The van der Waals surface area contributed by atoms with Gasteiger partial charge in [0.25, 0.3) is 0 Å². The molecule has 0 saturated heterocycles. The summed E-state index contributed by atoms with van der Waals surface area (Å²) in [6.07, 6.45) is 6.79. The van der Waals surface area contributed by atoms with Gasteiger partial charge in [0.2, 0.25) is 0 Å². The fourth-order valence-corrected chi connectivity index (χ4v) is 2.53. The molecule has 0 radical (unpaired) electrons. The third-order valence-corrected chi connectivity index (χ3v) is 3.43. The quantitative estimate of drug-likeness (QED) is 0.804. The lowest BCUT2D eigenvalue weighted by Gasteiger charge is -2.18. The molecule has 1 unspecified atom stereocenters. The largest absolute Gasteiger partial charge is 0.388 e. The molecule has 1 aliphatic carbocycles. The van der Waals surface area contributed by atoms with Gasteiger partial charge in [-0.3, -0.25) is 0 Å². The van der Waals surface area contributed by atoms with Gasteiger partial charge in [0.15, 0.2) is 5.82 Å². The molecule has 0 bridgehead atoms. The molecule has 5 heteroatoms. The summed E-state index contributed by atoms with van der Waals surface area (Å²) in [4.78, 5) is 8.73. The Kier molecular flexibility index (Phi) is 3.28. The van der Waals surface area contributed by atoms with Crippen molar-refractivity contribution < 1.29 is 0 Å². The second-order valence-electron chi connectivity index (χ2n) is 5.37. The first-order valence-corrected chi connectivity index (χ1v) is 6.26. The average Bonchev–Trinajstić information content (AvgIpc) is 2.58. The fraction of sp³-hybridized carbons (Fsp3) is 0.583. The molecule has 0 spiro atoms. The number of nitrogens with zero attached hydrogens (tertiary/aromatic N) is 2. The predicted molar refractivity (Wildman–Crippen MR) is 73.0 cm³/mol. The Morgan fingerprint density at radius 2 is 2.18 bits per heavy atom. The van der Waals surface area contributed by atoms with Crippen LogP contribution in [0.25, 0.3) is 0 Å². The molecule has 1 heterocycles. The Morgan fingerprint density at radius 3 is 2.76 bits per heavy atom. The summed E-state index contributed by atoms with van der Waals surface area (Å²) in [6, 6.07) is 0.440. The van der Waals surface area contributed by atoms with Crippen molar-refractivity contribution in [2.45, 2.75) is 39.2 Å². The number of rotatable bonds is 3. The first kappa shape index (κ1) is 12.2. The van der Waals surface area contributed by atoms with E-state index in [0.29, 0.717) is 23.0 Å². The van der Waals surface area contributed by atoms with Crippen LogP contribution in [0.4, 0.5) is 5.82 Å². The van der Waals surface area contributed by atoms with Crippen LogP contribution in [0.5, 0.6) is 0 Å². The first-order chi connectivity index (χ1) is 7.98. The van der Waals surface area contributed by atoms with Gasteiger partial charge in [-0.15, -0.1) is 0 Å². The number of hydrogen-bond acceptors (Lipinski definition) is 4. The zero-order valence-electron chi connectivity index (χ0n) is 10.2. The van der Waals surface area contributed by atoms with E-state index in [1.165, 1.54) is 6.42 Å². The summed E-state index contributed by atoms with van der Waals surface area (Å²) in [5.74, 6) is 0.711. The predicted octanol–water partition coefficient (Wildman–Crippen LogP) is 2.10. The summed E-state index contributed by atoms with van der Waals surface area (Å²) in [7, 11) is 0. The maximum Gasteiger partial charge on any atom is 0.155 e. The van der Waals surface area contributed by atoms with Gasteiger partial charge in [0, 0.05) is 18.4 Å². The molecule has 4 nitrogen and oxygen atoms in total. The molecule has 0 aliphatic heterocycles. The molecule has 1 atom stereocenters. The maximum absolute atomic E-state index is 5.63. The minimum absolute atomic E-state index is 0.290. The molecule has 1 aliphatic rings. The van der Waals surface area contributed by atoms with Crippen molar-refractivity contribution in [3.8, 4) is 0 Å². The lowest BCUT2D eigenvalue weighted by molar-refractivity contribution is 0.378. The van der Waals surface area contributed by atoms with Crippen molar-refractivity contribution in [1.82, 2.24) is 9.97 Å². The van der Waals surface area contributed by atoms with Crippen molar-refractivity contribution in [2.24, 2.45) is 11.1 Å². The van der Waals surface area contributed by atoms with Crippen LogP contribution in [0.15, 0.2) is 12.4 Å². The number of aromatic nitrogens is 2. The highest BCUT2D eigenvalue weighted by molar-refractivity contribution is 7.80. The first-order valence-electron chi connectivity index (χ1n) is 5.85. The van der Waals surface area contributed by atoms with E-state index in [-0.39, 0.29) is 4.99 Å². The SMILES string of the molecule is CC1(C)CCC(Nc2nccnc2C(N)=S)C1. The molecule has 17 heavy (non-hydrogen) atoms. The van der Waals surface area contributed by atoms with Gasteiger partial charge in [0.05, 0.1) is 0 Å². The third kappa shape index (κ3) is 2.91. The summed E-state index contributed by atoms with van der Waals surface area (Å²) in [5, 5.41) is 3.41. The van der Waals surface area contributed by atoms with E-state index < -0.39 is 0 Å². The van der Waals surface area contributed by atoms with E-state index in [2.05, 4.69) is 29.1 Å². The van der Waals surface area contributed by atoms with Crippen LogP contribution in [0, 0.1) is 5.41 Å². The number of nitrogens with two attached hydrogens (primary N) is 1. The molecule has 3 N–H and O–H groups in total. The van der Waals surface area contributed by atoms with Crippen molar-refractivity contribution in [3.63, 3.8) is 0 Å². The van der Waals surface area contributed by atoms with E-state index in [1.807, 2.05) is 0 Å². The summed E-state index contributed by atoms with van der Waals surface area (Å²) >= 11 is 4.97. The lowest BCUT2D eigenvalue weighted by atomic mass is 9.92. The minimum Gasteiger partial charge on any atom is -0.388 e. The number of anilines is 1. The van der Waals surface area contributed by atoms with Crippen molar-refractivity contribution in [1.29, 1.82) is 0 Å². The molecular weight excluding hydrogens is 232 g/mol. The van der Waals surface area contributed by atoms with Gasteiger partial charge in [-0.05, 0) is 24.7 Å². The van der Waals surface area contributed by atoms with Crippen LogP contribution < -0.4 is 11.1 Å². The van der Waals surface area contributed by atoms with Gasteiger partial charge in [-0.2, -0.15) is 0 Å². The van der Waals surface area contributed by atoms with Gasteiger partial charge < -0.3 is 11.1 Å². The summed E-state index contributed by atoms with van der Waals surface area (Å²) in [6.45, 7) is 4.58. The Labute approximate surface area is 107 Å². The molecule has 0 aromatic carbocycles. The van der Waals surface area contributed by atoms with Crippen LogP contribution in [0.1, 0.15) is 38.8 Å². The Hall–Kier alpha value is -1.23. The zero-order chi connectivity index (χ0) is 12.5. The second kappa shape index (κ2) is 4.56. The fourth-order valence-electron chi connectivity index (χ4n) is 2.38. The second-order valence-corrected chi connectivity index (χ2v) is 5.81. The zero-order valence-corrected chi connectivity index (χ0v) is 11.0. The smallest absolute Gasteiger partial charge is 0.155 e. The van der Waals surface area contributed by atoms with Crippen LogP contribution in [-0.2, 0) is 0 Å². The molecule has 1 aromatic heterocycles. The van der Waals surface area contributed by atoms with Gasteiger partial charge in [0.1, 0.15) is 10.7 Å². The maximum atomic E-state index is 5.63. The lowest BCUT2D eigenvalue weighted by Crippen LogP contribution is -2.22. The molecule has 1 fully saturated rings. The highest BCUT2D eigenvalue weighted by atomic mass is 32.1. The number of nitrogens with one attached hydrogen (secondary N) is 1. The van der Waals surface area contributed by atoms with E-state index in [1.54, 1.807) is 12.4 Å². The van der Waals surface area contributed by atoms with E-state index >= 15 is 0 Å². The van der Waals surface area contributed by atoms with Gasteiger partial charge >= 0.3 is 0 Å². The minimum atomic E-state index is 0.290. The molecule has 2 rings (SSSR count). The van der Waals surface area contributed by atoms with Crippen LogP contribution in [0.3, 0.4) is 0 Å². The van der Waals surface area contributed by atoms with Gasteiger partial charge in [-0.25, -0.2) is 9.97 Å². The van der Waals surface area contributed by atoms with E-state index in [4.69, 9.17) is 18.0 Å². The standard InChI is InChI=1S/C12H18N4S/c1-12(2)4-3-8(7-12)16-11-9(10(13)17)14-5-6-15-11/h5-6,8H,3-4,7H2,1-2H3,(H2,13,17)(H,15,16). The van der Waals surface area contributed by atoms with Crippen LogP contribution >= 0.6 is 12.2 Å². The highest BCUT2D eigenvalue weighted by Gasteiger charge is 2.31. The van der Waals surface area contributed by atoms with Crippen molar-refractivity contribution >= 4 is 23.0 Å².